The van der Waals surface area contributed by atoms with Crippen molar-refractivity contribution >= 4 is 29.1 Å². The van der Waals surface area contributed by atoms with Crippen molar-refractivity contribution in [3.63, 3.8) is 0 Å². The van der Waals surface area contributed by atoms with E-state index in [9.17, 15) is 9.59 Å². The lowest BCUT2D eigenvalue weighted by Gasteiger charge is -2.30. The Balaban J connectivity index is 1.47. The summed E-state index contributed by atoms with van der Waals surface area (Å²) >= 11 is 6.02. The highest BCUT2D eigenvalue weighted by Crippen LogP contribution is 2.24. The SMILES string of the molecule is CN(c1ccccc1)N1CC(C(=O)NCCOc2ccccc2Cl)CC1=O. The van der Waals surface area contributed by atoms with E-state index in [-0.39, 0.29) is 24.2 Å². The summed E-state index contributed by atoms with van der Waals surface area (Å²) < 4.78 is 5.56. The third-order valence-electron chi connectivity index (χ3n) is 4.46. The molecule has 1 heterocycles. The Hall–Kier alpha value is -2.73. The number of amides is 2. The predicted octanol–water partition coefficient (Wildman–Crippen LogP) is 2.73. The summed E-state index contributed by atoms with van der Waals surface area (Å²) in [7, 11) is 1.82. The highest BCUT2D eigenvalue weighted by Gasteiger charge is 2.36. The number of carbonyl (C=O) groups excluding carboxylic acids is 2. The molecule has 1 aliphatic heterocycles. The fourth-order valence-electron chi connectivity index (χ4n) is 2.98. The molecule has 2 aromatic carbocycles. The third-order valence-corrected chi connectivity index (χ3v) is 4.77. The summed E-state index contributed by atoms with van der Waals surface area (Å²) in [6.45, 7) is 1.02. The number of rotatable bonds is 7. The van der Waals surface area contributed by atoms with Crippen LogP contribution in [-0.2, 0) is 9.59 Å². The number of carbonyl (C=O) groups is 2. The summed E-state index contributed by atoms with van der Waals surface area (Å²) in [6, 6.07) is 16.8. The number of ether oxygens (including phenoxy) is 1. The number of benzene rings is 2. The van der Waals surface area contributed by atoms with Crippen LogP contribution in [0.4, 0.5) is 5.69 Å². The standard InChI is InChI=1S/C20H22ClN3O3/c1-23(16-7-3-2-4-8-16)24-14-15(13-19(24)25)20(26)22-11-12-27-18-10-6-5-9-17(18)21/h2-10,15H,11-14H2,1H3,(H,22,26). The van der Waals surface area contributed by atoms with Crippen molar-refractivity contribution in [1.29, 1.82) is 0 Å². The molecule has 0 aliphatic carbocycles. The van der Waals surface area contributed by atoms with E-state index in [2.05, 4.69) is 5.32 Å². The zero-order valence-electron chi connectivity index (χ0n) is 15.1. The quantitative estimate of drug-likeness (QED) is 0.742. The summed E-state index contributed by atoms with van der Waals surface area (Å²) in [5, 5.41) is 6.76. The van der Waals surface area contributed by atoms with E-state index in [1.807, 2.05) is 49.5 Å². The van der Waals surface area contributed by atoms with Gasteiger partial charge in [-0.1, -0.05) is 41.9 Å². The van der Waals surface area contributed by atoms with Crippen LogP contribution < -0.4 is 15.1 Å². The Morgan fingerprint density at radius 1 is 1.22 bits per heavy atom. The highest BCUT2D eigenvalue weighted by molar-refractivity contribution is 6.32. The van der Waals surface area contributed by atoms with Gasteiger partial charge >= 0.3 is 0 Å². The van der Waals surface area contributed by atoms with E-state index in [4.69, 9.17) is 16.3 Å². The van der Waals surface area contributed by atoms with Gasteiger partial charge in [0, 0.05) is 13.5 Å². The van der Waals surface area contributed by atoms with Crippen LogP contribution in [0.2, 0.25) is 5.02 Å². The average Bonchev–Trinajstić information content (AvgIpc) is 3.08. The van der Waals surface area contributed by atoms with Crippen molar-refractivity contribution in [1.82, 2.24) is 10.3 Å². The van der Waals surface area contributed by atoms with Gasteiger partial charge in [0.15, 0.2) is 0 Å². The number of para-hydroxylation sites is 2. The van der Waals surface area contributed by atoms with Gasteiger partial charge in [-0.15, -0.1) is 0 Å². The fraction of sp³-hybridized carbons (Fsp3) is 0.300. The van der Waals surface area contributed by atoms with Gasteiger partial charge in [-0.2, -0.15) is 0 Å². The van der Waals surface area contributed by atoms with Crippen molar-refractivity contribution in [2.75, 3.05) is 31.8 Å². The molecule has 1 fully saturated rings. The smallest absolute Gasteiger partial charge is 0.241 e. The zero-order chi connectivity index (χ0) is 19.2. The summed E-state index contributed by atoms with van der Waals surface area (Å²) in [6.07, 6.45) is 0.203. The van der Waals surface area contributed by atoms with Crippen LogP contribution >= 0.6 is 11.6 Å². The van der Waals surface area contributed by atoms with Crippen molar-refractivity contribution < 1.29 is 14.3 Å². The summed E-state index contributed by atoms with van der Waals surface area (Å²) in [4.78, 5) is 24.7. The molecule has 27 heavy (non-hydrogen) atoms. The van der Waals surface area contributed by atoms with E-state index in [1.165, 1.54) is 0 Å². The summed E-state index contributed by atoms with van der Waals surface area (Å²) in [5.41, 5.74) is 0.903. The number of hydrogen-bond donors (Lipinski definition) is 1. The number of halogens is 1. The maximum atomic E-state index is 12.4. The van der Waals surface area contributed by atoms with Crippen LogP contribution in [0.5, 0.6) is 5.75 Å². The lowest BCUT2D eigenvalue weighted by Crippen LogP contribution is -2.42. The molecule has 0 bridgehead atoms. The van der Waals surface area contributed by atoms with Gasteiger partial charge in [0.05, 0.1) is 29.7 Å². The van der Waals surface area contributed by atoms with Gasteiger partial charge < -0.3 is 10.1 Å². The first-order valence-corrected chi connectivity index (χ1v) is 9.18. The molecule has 6 nitrogen and oxygen atoms in total. The van der Waals surface area contributed by atoms with Crippen molar-refractivity contribution in [2.45, 2.75) is 6.42 Å². The average molecular weight is 388 g/mol. The van der Waals surface area contributed by atoms with Crippen molar-refractivity contribution in [2.24, 2.45) is 5.92 Å². The van der Waals surface area contributed by atoms with Crippen LogP contribution in [-0.4, -0.2) is 43.6 Å². The first-order valence-electron chi connectivity index (χ1n) is 8.80. The lowest BCUT2D eigenvalue weighted by atomic mass is 10.1. The predicted molar refractivity (Wildman–Crippen MR) is 105 cm³/mol. The fourth-order valence-corrected chi connectivity index (χ4v) is 3.17. The second kappa shape index (κ2) is 8.77. The molecule has 0 aromatic heterocycles. The van der Waals surface area contributed by atoms with E-state index in [0.29, 0.717) is 30.5 Å². The Labute approximate surface area is 163 Å². The van der Waals surface area contributed by atoms with E-state index < -0.39 is 0 Å². The Morgan fingerprint density at radius 2 is 1.93 bits per heavy atom. The Morgan fingerprint density at radius 3 is 2.67 bits per heavy atom. The van der Waals surface area contributed by atoms with E-state index in [0.717, 1.165) is 5.69 Å². The van der Waals surface area contributed by atoms with Crippen LogP contribution in [0.3, 0.4) is 0 Å². The third kappa shape index (κ3) is 4.71. The topological polar surface area (TPSA) is 61.9 Å². The van der Waals surface area contributed by atoms with Gasteiger partial charge in [-0.25, -0.2) is 0 Å². The molecule has 2 aromatic rings. The molecule has 7 heteroatoms. The number of nitrogens with zero attached hydrogens (tertiary/aromatic N) is 2. The molecule has 1 unspecified atom stereocenters. The Bertz CT molecular complexity index is 800. The minimum atomic E-state index is -0.371. The largest absolute Gasteiger partial charge is 0.490 e. The molecular weight excluding hydrogens is 366 g/mol. The monoisotopic (exact) mass is 387 g/mol. The number of nitrogens with one attached hydrogen (secondary N) is 1. The van der Waals surface area contributed by atoms with E-state index >= 15 is 0 Å². The second-order valence-corrected chi connectivity index (χ2v) is 6.71. The van der Waals surface area contributed by atoms with Gasteiger partial charge in [0.2, 0.25) is 11.8 Å². The molecule has 0 spiro atoms. The molecule has 2 amide bonds. The molecule has 1 aliphatic rings. The number of anilines is 1. The normalized spacial score (nSPS) is 16.3. The molecule has 1 N–H and O–H groups in total. The first-order chi connectivity index (χ1) is 13.1. The molecule has 0 radical (unpaired) electrons. The van der Waals surface area contributed by atoms with Crippen molar-refractivity contribution in [3.05, 3.63) is 59.6 Å². The molecule has 1 atom stereocenters. The van der Waals surface area contributed by atoms with Crippen LogP contribution in [0.15, 0.2) is 54.6 Å². The lowest BCUT2D eigenvalue weighted by molar-refractivity contribution is -0.129. The van der Waals surface area contributed by atoms with Crippen molar-refractivity contribution in [3.8, 4) is 5.75 Å². The minimum Gasteiger partial charge on any atom is -0.490 e. The highest BCUT2D eigenvalue weighted by atomic mass is 35.5. The zero-order valence-corrected chi connectivity index (χ0v) is 15.9. The van der Waals surface area contributed by atoms with E-state index in [1.54, 1.807) is 22.2 Å². The number of hydrazine groups is 1. The first kappa shape index (κ1) is 19.0. The summed E-state index contributed by atoms with van der Waals surface area (Å²) in [5.74, 6) is 0.00740. The van der Waals surface area contributed by atoms with Crippen LogP contribution in [0.25, 0.3) is 0 Å². The van der Waals surface area contributed by atoms with Gasteiger partial charge in [0.25, 0.3) is 0 Å². The van der Waals surface area contributed by atoms with Gasteiger partial charge in [-0.3, -0.25) is 19.6 Å². The van der Waals surface area contributed by atoms with Crippen LogP contribution in [0, 0.1) is 5.92 Å². The maximum absolute atomic E-state index is 12.4. The Kier molecular flexibility index (Phi) is 6.19. The van der Waals surface area contributed by atoms with Crippen LogP contribution in [0.1, 0.15) is 6.42 Å². The maximum Gasteiger partial charge on any atom is 0.241 e. The minimum absolute atomic E-state index is 0.0613. The number of hydrogen-bond acceptors (Lipinski definition) is 4. The molecular formula is C20H22ClN3O3. The van der Waals surface area contributed by atoms with Gasteiger partial charge in [0.1, 0.15) is 12.4 Å². The van der Waals surface area contributed by atoms with Gasteiger partial charge in [-0.05, 0) is 24.3 Å². The molecule has 0 saturated carbocycles. The molecule has 1 saturated heterocycles. The molecule has 142 valence electrons. The molecule has 3 rings (SSSR count). The second-order valence-electron chi connectivity index (χ2n) is 6.31.